The largest absolute Gasteiger partial charge is 0.566 e. The SMILES string of the molecule is [B]Oc1c(C)cc(C2(c3ccc(OC)c(C)c3)c3ccccc3-c3ccccc32)cc1F. The Morgan fingerprint density at radius 3 is 1.88 bits per heavy atom. The average molecular weight is 420 g/mol. The van der Waals surface area contributed by atoms with Crippen molar-refractivity contribution in [2.75, 3.05) is 7.11 Å². The summed E-state index contributed by atoms with van der Waals surface area (Å²) in [5.74, 6) is 0.404. The second-order valence-corrected chi connectivity index (χ2v) is 8.25. The molecule has 2 radical (unpaired) electrons. The van der Waals surface area contributed by atoms with Crippen LogP contribution in [-0.4, -0.2) is 15.2 Å². The van der Waals surface area contributed by atoms with Crippen LogP contribution in [0.25, 0.3) is 11.1 Å². The molecule has 0 bridgehead atoms. The van der Waals surface area contributed by atoms with Crippen LogP contribution in [0.1, 0.15) is 33.4 Å². The third kappa shape index (κ3) is 2.72. The van der Waals surface area contributed by atoms with Crippen molar-refractivity contribution >= 4 is 8.05 Å². The monoisotopic (exact) mass is 420 g/mol. The number of ether oxygens (including phenoxy) is 1. The fourth-order valence-electron chi connectivity index (χ4n) is 5.23. The molecule has 4 aromatic carbocycles. The molecule has 0 aliphatic heterocycles. The van der Waals surface area contributed by atoms with E-state index in [1.165, 1.54) is 0 Å². The highest BCUT2D eigenvalue weighted by Crippen LogP contribution is 2.56. The maximum Gasteiger partial charge on any atom is 0.374 e. The Morgan fingerprint density at radius 1 is 0.750 bits per heavy atom. The van der Waals surface area contributed by atoms with E-state index in [0.29, 0.717) is 5.56 Å². The first-order chi connectivity index (χ1) is 15.5. The average Bonchev–Trinajstić information content (AvgIpc) is 3.10. The van der Waals surface area contributed by atoms with Crippen molar-refractivity contribution in [3.05, 3.63) is 118 Å². The number of fused-ring (bicyclic) bond motifs is 3. The van der Waals surface area contributed by atoms with Crippen LogP contribution in [-0.2, 0) is 5.41 Å². The van der Waals surface area contributed by atoms with Crippen LogP contribution in [0.4, 0.5) is 4.39 Å². The van der Waals surface area contributed by atoms with Crippen LogP contribution >= 0.6 is 0 Å². The molecule has 156 valence electrons. The Balaban J connectivity index is 1.94. The molecular weight excluding hydrogens is 398 g/mol. The van der Waals surface area contributed by atoms with E-state index < -0.39 is 11.2 Å². The summed E-state index contributed by atoms with van der Waals surface area (Å²) in [5, 5.41) is 0. The van der Waals surface area contributed by atoms with Crippen molar-refractivity contribution in [2.45, 2.75) is 19.3 Å². The van der Waals surface area contributed by atoms with Crippen LogP contribution in [0.3, 0.4) is 0 Å². The van der Waals surface area contributed by atoms with E-state index >= 15 is 4.39 Å². The molecule has 1 aliphatic rings. The molecule has 32 heavy (non-hydrogen) atoms. The molecule has 0 heterocycles. The number of rotatable bonds is 4. The van der Waals surface area contributed by atoms with Crippen LogP contribution in [0.2, 0.25) is 0 Å². The Labute approximate surface area is 189 Å². The van der Waals surface area contributed by atoms with Gasteiger partial charge in [0.05, 0.1) is 12.5 Å². The van der Waals surface area contributed by atoms with Gasteiger partial charge in [0.1, 0.15) is 11.5 Å². The minimum Gasteiger partial charge on any atom is -0.566 e. The zero-order valence-corrected chi connectivity index (χ0v) is 18.3. The molecule has 1 aliphatic carbocycles. The van der Waals surface area contributed by atoms with E-state index in [-0.39, 0.29) is 5.75 Å². The van der Waals surface area contributed by atoms with Crippen molar-refractivity contribution in [3.63, 3.8) is 0 Å². The van der Waals surface area contributed by atoms with Crippen molar-refractivity contribution in [1.82, 2.24) is 0 Å². The molecule has 0 N–H and O–H groups in total. The highest BCUT2D eigenvalue weighted by molar-refractivity contribution is 6.00. The minimum atomic E-state index is -0.692. The highest BCUT2D eigenvalue weighted by atomic mass is 19.1. The molecule has 0 unspecified atom stereocenters. The van der Waals surface area contributed by atoms with Gasteiger partial charge in [-0.2, -0.15) is 0 Å². The van der Waals surface area contributed by atoms with Gasteiger partial charge >= 0.3 is 8.05 Å². The fourth-order valence-corrected chi connectivity index (χ4v) is 5.23. The number of benzene rings is 4. The predicted octanol–water partition coefficient (Wildman–Crippen LogP) is 6.28. The minimum absolute atomic E-state index is 0.0642. The molecule has 0 saturated carbocycles. The molecule has 2 nitrogen and oxygen atoms in total. The second-order valence-electron chi connectivity index (χ2n) is 8.25. The lowest BCUT2D eigenvalue weighted by Crippen LogP contribution is -2.29. The summed E-state index contributed by atoms with van der Waals surface area (Å²) < 4.78 is 25.5. The Bertz CT molecular complexity index is 1280. The standard InChI is InChI=1S/C28H22BFO2/c1-17-14-19(12-13-26(17)31-3)28(20-15-18(2)27(32-29)25(30)16-20)23-10-6-4-8-21(23)22-9-5-7-11-24(22)28/h4-16H,1-3H3. The van der Waals surface area contributed by atoms with Gasteiger partial charge in [-0.3, -0.25) is 0 Å². The summed E-state index contributed by atoms with van der Waals surface area (Å²) in [6.07, 6.45) is 0. The lowest BCUT2D eigenvalue weighted by atomic mass is 9.67. The third-order valence-corrected chi connectivity index (χ3v) is 6.56. The molecule has 0 saturated heterocycles. The van der Waals surface area contributed by atoms with Gasteiger partial charge in [-0.1, -0.05) is 66.7 Å². The van der Waals surface area contributed by atoms with E-state index in [1.807, 2.05) is 50.2 Å². The number of aryl methyl sites for hydroxylation is 2. The molecule has 4 heteroatoms. The molecule has 0 amide bonds. The fraction of sp³-hybridized carbons (Fsp3) is 0.143. The van der Waals surface area contributed by atoms with Gasteiger partial charge in [-0.15, -0.1) is 0 Å². The topological polar surface area (TPSA) is 18.5 Å². The van der Waals surface area contributed by atoms with Crippen LogP contribution in [0, 0.1) is 19.7 Å². The van der Waals surface area contributed by atoms with Gasteiger partial charge in [-0.05, 0) is 70.5 Å². The van der Waals surface area contributed by atoms with Crippen LogP contribution in [0.5, 0.6) is 11.5 Å². The van der Waals surface area contributed by atoms with Crippen molar-refractivity contribution in [1.29, 1.82) is 0 Å². The molecule has 0 fully saturated rings. The number of hydrogen-bond donors (Lipinski definition) is 0. The second kappa shape index (κ2) is 7.56. The van der Waals surface area contributed by atoms with E-state index in [9.17, 15) is 0 Å². The maximum absolute atomic E-state index is 15.2. The lowest BCUT2D eigenvalue weighted by Gasteiger charge is -2.34. The zero-order chi connectivity index (χ0) is 22.5. The predicted molar refractivity (Wildman–Crippen MR) is 126 cm³/mol. The summed E-state index contributed by atoms with van der Waals surface area (Å²) in [4.78, 5) is 0. The Kier molecular flexibility index (Phi) is 4.81. The maximum atomic E-state index is 15.2. The van der Waals surface area contributed by atoms with E-state index in [4.69, 9.17) is 17.4 Å². The van der Waals surface area contributed by atoms with Gasteiger partial charge < -0.3 is 9.39 Å². The van der Waals surface area contributed by atoms with Crippen LogP contribution in [0.15, 0.2) is 78.9 Å². The molecule has 5 rings (SSSR count). The number of halogens is 1. The first kappa shape index (κ1) is 20.4. The Hall–Kier alpha value is -3.53. The number of hydrogen-bond acceptors (Lipinski definition) is 2. The van der Waals surface area contributed by atoms with Crippen molar-refractivity contribution < 1.29 is 13.8 Å². The summed E-state index contributed by atoms with van der Waals surface area (Å²) in [7, 11) is 7.02. The van der Waals surface area contributed by atoms with Gasteiger partial charge in [-0.25, -0.2) is 4.39 Å². The number of methoxy groups -OCH3 is 1. The van der Waals surface area contributed by atoms with Crippen LogP contribution < -0.4 is 9.39 Å². The Morgan fingerprint density at radius 2 is 1.34 bits per heavy atom. The first-order valence-corrected chi connectivity index (χ1v) is 10.5. The lowest BCUT2D eigenvalue weighted by molar-refractivity contribution is 0.411. The summed E-state index contributed by atoms with van der Waals surface area (Å²) in [5.41, 5.74) is 7.38. The smallest absolute Gasteiger partial charge is 0.374 e. The quantitative estimate of drug-likeness (QED) is 0.319. The van der Waals surface area contributed by atoms with E-state index in [1.54, 1.807) is 13.2 Å². The van der Waals surface area contributed by atoms with Crippen molar-refractivity contribution in [3.8, 4) is 22.6 Å². The van der Waals surface area contributed by atoms with Gasteiger partial charge in [0.15, 0.2) is 5.82 Å². The molecule has 0 aromatic heterocycles. The highest BCUT2D eigenvalue weighted by Gasteiger charge is 2.46. The molecular formula is C28H22BFO2. The van der Waals surface area contributed by atoms with E-state index in [0.717, 1.165) is 44.7 Å². The normalized spacial score (nSPS) is 13.4. The molecule has 4 aromatic rings. The summed E-state index contributed by atoms with van der Waals surface area (Å²) in [6.45, 7) is 3.84. The third-order valence-electron chi connectivity index (χ3n) is 6.56. The molecule has 0 atom stereocenters. The summed E-state index contributed by atoms with van der Waals surface area (Å²) in [6, 6.07) is 26.4. The van der Waals surface area contributed by atoms with E-state index in [2.05, 4.69) is 36.4 Å². The van der Waals surface area contributed by atoms with Gasteiger partial charge in [0.2, 0.25) is 0 Å². The first-order valence-electron chi connectivity index (χ1n) is 10.5. The van der Waals surface area contributed by atoms with Gasteiger partial charge in [0, 0.05) is 0 Å². The summed E-state index contributed by atoms with van der Waals surface area (Å²) >= 11 is 0. The molecule has 0 spiro atoms. The van der Waals surface area contributed by atoms with Gasteiger partial charge in [0.25, 0.3) is 0 Å². The zero-order valence-electron chi connectivity index (χ0n) is 18.3. The van der Waals surface area contributed by atoms with Crippen molar-refractivity contribution in [2.24, 2.45) is 0 Å².